The average Bonchev–Trinajstić information content (AvgIpc) is 2.42. The van der Waals surface area contributed by atoms with Crippen molar-refractivity contribution in [2.45, 2.75) is 26.3 Å². The predicted octanol–water partition coefficient (Wildman–Crippen LogP) is 3.59. The maximum absolute atomic E-state index is 9.97. The summed E-state index contributed by atoms with van der Waals surface area (Å²) in [5.41, 5.74) is 1.34. The fraction of sp³-hybridized carbons (Fsp3) is 0.600. The van der Waals surface area contributed by atoms with E-state index in [9.17, 15) is 5.11 Å². The summed E-state index contributed by atoms with van der Waals surface area (Å²) in [5, 5.41) is 13.4. The minimum absolute atomic E-state index is 0.415. The molecule has 0 radical (unpaired) electrons. The molecule has 2 N–H and O–H groups in total. The van der Waals surface area contributed by atoms with Crippen LogP contribution in [-0.4, -0.2) is 36.2 Å². The summed E-state index contributed by atoms with van der Waals surface area (Å²) in [6.07, 6.45) is 1.16. The zero-order chi connectivity index (χ0) is 14.7. The van der Waals surface area contributed by atoms with Gasteiger partial charge in [0.1, 0.15) is 5.75 Å². The van der Waals surface area contributed by atoms with E-state index in [4.69, 9.17) is 0 Å². The minimum atomic E-state index is 0.415. The van der Waals surface area contributed by atoms with Crippen molar-refractivity contribution in [3.63, 3.8) is 0 Å². The number of hydrogen-bond donors (Lipinski definition) is 2. The Bertz CT molecular complexity index is 436. The Morgan fingerprint density at radius 1 is 1.20 bits per heavy atom. The van der Waals surface area contributed by atoms with Gasteiger partial charge in [-0.1, -0.05) is 13.8 Å². The largest absolute Gasteiger partial charge is 0.506 e. The lowest BCUT2D eigenvalue weighted by molar-refractivity contribution is 0.154. The number of hydrogen-bond acceptors (Lipinski definition) is 3. The van der Waals surface area contributed by atoms with Crippen molar-refractivity contribution in [2.24, 2.45) is 5.92 Å². The summed E-state index contributed by atoms with van der Waals surface area (Å²) >= 11 is 4.46. The van der Waals surface area contributed by atoms with E-state index in [1.54, 1.807) is 0 Å². The monoisotopic (exact) mass is 500 g/mol. The number of phenolic OH excluding ortho intramolecular Hbond substituents is 1. The second-order valence-corrected chi connectivity index (χ2v) is 8.09. The van der Waals surface area contributed by atoms with Crippen molar-refractivity contribution in [3.05, 3.63) is 24.8 Å². The first-order chi connectivity index (χ1) is 9.49. The standard InChI is InChI=1S/C15H22I2N2O/c1-10(2)7-14(19-5-3-18-4-6-19)11-8-12(16)15(20)13(17)9-11/h8-10,14,18,20H,3-7H2,1-2H3/t14-/m0/s1. The Morgan fingerprint density at radius 2 is 1.75 bits per heavy atom. The molecule has 1 saturated heterocycles. The molecule has 2 rings (SSSR count). The lowest BCUT2D eigenvalue weighted by Crippen LogP contribution is -2.45. The van der Waals surface area contributed by atoms with Crippen LogP contribution in [0, 0.1) is 13.1 Å². The number of aromatic hydroxyl groups is 1. The highest BCUT2D eigenvalue weighted by Crippen LogP contribution is 2.34. The van der Waals surface area contributed by atoms with Gasteiger partial charge in [-0.05, 0) is 75.2 Å². The smallest absolute Gasteiger partial charge is 0.142 e. The van der Waals surface area contributed by atoms with Gasteiger partial charge in [-0.25, -0.2) is 0 Å². The van der Waals surface area contributed by atoms with Crippen molar-refractivity contribution in [1.82, 2.24) is 10.2 Å². The maximum Gasteiger partial charge on any atom is 0.142 e. The first-order valence-corrected chi connectivity index (χ1v) is 9.27. The number of benzene rings is 1. The summed E-state index contributed by atoms with van der Waals surface area (Å²) in [7, 11) is 0. The normalized spacial score (nSPS) is 18.4. The van der Waals surface area contributed by atoms with Crippen LogP contribution in [0.3, 0.4) is 0 Å². The van der Waals surface area contributed by atoms with Gasteiger partial charge in [0, 0.05) is 32.2 Å². The van der Waals surface area contributed by atoms with Gasteiger partial charge in [-0.2, -0.15) is 0 Å². The van der Waals surface area contributed by atoms with Crippen LogP contribution < -0.4 is 5.32 Å². The molecule has 1 aromatic carbocycles. The van der Waals surface area contributed by atoms with Gasteiger partial charge in [0.2, 0.25) is 0 Å². The molecule has 0 saturated carbocycles. The van der Waals surface area contributed by atoms with E-state index in [0.29, 0.717) is 17.7 Å². The van der Waals surface area contributed by atoms with Crippen LogP contribution in [-0.2, 0) is 0 Å². The summed E-state index contributed by atoms with van der Waals surface area (Å²) in [6.45, 7) is 8.91. The van der Waals surface area contributed by atoms with Crippen LogP contribution >= 0.6 is 45.2 Å². The molecule has 0 amide bonds. The number of halogens is 2. The number of nitrogens with zero attached hydrogens (tertiary/aromatic N) is 1. The number of phenols is 1. The molecule has 1 aromatic rings. The summed E-state index contributed by atoms with van der Waals surface area (Å²) < 4.78 is 1.90. The van der Waals surface area contributed by atoms with Gasteiger partial charge in [0.05, 0.1) is 7.14 Å². The van der Waals surface area contributed by atoms with E-state index in [-0.39, 0.29) is 0 Å². The maximum atomic E-state index is 9.97. The average molecular weight is 500 g/mol. The first kappa shape index (κ1) is 16.8. The van der Waals surface area contributed by atoms with Gasteiger partial charge in [0.15, 0.2) is 0 Å². The molecule has 5 heteroatoms. The fourth-order valence-corrected chi connectivity index (χ4v) is 4.53. The lowest BCUT2D eigenvalue weighted by Gasteiger charge is -2.36. The molecule has 1 aliphatic rings. The molecule has 0 spiro atoms. The van der Waals surface area contributed by atoms with Crippen molar-refractivity contribution in [2.75, 3.05) is 26.2 Å². The predicted molar refractivity (Wildman–Crippen MR) is 100 cm³/mol. The summed E-state index contributed by atoms with van der Waals surface area (Å²) in [4.78, 5) is 2.58. The second-order valence-electron chi connectivity index (χ2n) is 5.76. The third-order valence-corrected chi connectivity index (χ3v) is 5.36. The van der Waals surface area contributed by atoms with Crippen LogP contribution in [0.25, 0.3) is 0 Å². The zero-order valence-corrected chi connectivity index (χ0v) is 16.3. The Balaban J connectivity index is 2.30. The highest BCUT2D eigenvalue weighted by atomic mass is 127. The Morgan fingerprint density at radius 3 is 2.25 bits per heavy atom. The molecule has 112 valence electrons. The highest BCUT2D eigenvalue weighted by Gasteiger charge is 2.24. The molecule has 1 heterocycles. The van der Waals surface area contributed by atoms with Gasteiger partial charge in [-0.3, -0.25) is 4.90 Å². The van der Waals surface area contributed by atoms with Crippen LogP contribution in [0.2, 0.25) is 0 Å². The van der Waals surface area contributed by atoms with Crippen molar-refractivity contribution < 1.29 is 5.11 Å². The van der Waals surface area contributed by atoms with Crippen LogP contribution in [0.4, 0.5) is 0 Å². The Kier molecular flexibility index (Phi) is 6.37. The van der Waals surface area contributed by atoms with E-state index in [2.05, 4.69) is 81.4 Å². The van der Waals surface area contributed by atoms with Gasteiger partial charge < -0.3 is 10.4 Å². The molecule has 20 heavy (non-hydrogen) atoms. The summed E-state index contributed by atoms with van der Waals surface area (Å²) in [5.74, 6) is 1.08. The van der Waals surface area contributed by atoms with E-state index in [1.165, 1.54) is 5.56 Å². The van der Waals surface area contributed by atoms with Crippen molar-refractivity contribution >= 4 is 45.2 Å². The van der Waals surface area contributed by atoms with Crippen LogP contribution in [0.1, 0.15) is 31.9 Å². The van der Waals surface area contributed by atoms with E-state index in [1.807, 2.05) is 0 Å². The Labute approximate surface area is 148 Å². The van der Waals surface area contributed by atoms with Crippen molar-refractivity contribution in [1.29, 1.82) is 0 Å². The first-order valence-electron chi connectivity index (χ1n) is 7.11. The topological polar surface area (TPSA) is 35.5 Å². The molecule has 0 aromatic heterocycles. The fourth-order valence-electron chi connectivity index (χ4n) is 2.71. The molecule has 0 unspecified atom stereocenters. The van der Waals surface area contributed by atoms with Crippen LogP contribution in [0.5, 0.6) is 5.75 Å². The quantitative estimate of drug-likeness (QED) is 0.621. The highest BCUT2D eigenvalue weighted by molar-refractivity contribution is 14.1. The van der Waals surface area contributed by atoms with Crippen molar-refractivity contribution in [3.8, 4) is 5.75 Å². The molecule has 1 atom stereocenters. The third-order valence-electron chi connectivity index (χ3n) is 3.71. The van der Waals surface area contributed by atoms with E-state index >= 15 is 0 Å². The third kappa shape index (κ3) is 4.20. The number of rotatable bonds is 4. The summed E-state index contributed by atoms with van der Waals surface area (Å²) in [6, 6.07) is 4.75. The molecule has 1 fully saturated rings. The van der Waals surface area contributed by atoms with E-state index in [0.717, 1.165) is 39.7 Å². The molecular weight excluding hydrogens is 478 g/mol. The minimum Gasteiger partial charge on any atom is -0.506 e. The van der Waals surface area contributed by atoms with E-state index < -0.39 is 0 Å². The zero-order valence-electron chi connectivity index (χ0n) is 12.0. The number of piperazine rings is 1. The molecule has 0 aliphatic carbocycles. The SMILES string of the molecule is CC(C)C[C@@H](c1cc(I)c(O)c(I)c1)N1CCNCC1. The number of nitrogens with one attached hydrogen (secondary N) is 1. The molecular formula is C15H22I2N2O. The Hall–Kier alpha value is 0.400. The second kappa shape index (κ2) is 7.60. The molecule has 1 aliphatic heterocycles. The molecule has 3 nitrogen and oxygen atoms in total. The molecule has 0 bridgehead atoms. The van der Waals surface area contributed by atoms with Gasteiger partial charge in [0.25, 0.3) is 0 Å². The van der Waals surface area contributed by atoms with Gasteiger partial charge in [-0.15, -0.1) is 0 Å². The van der Waals surface area contributed by atoms with Gasteiger partial charge >= 0.3 is 0 Å². The lowest BCUT2D eigenvalue weighted by atomic mass is 9.95. The van der Waals surface area contributed by atoms with Crippen LogP contribution in [0.15, 0.2) is 12.1 Å².